The minimum Gasteiger partial charge on any atom is -0.207 e. The zero-order chi connectivity index (χ0) is 12.9. The highest BCUT2D eigenvalue weighted by atomic mass is 79.9. The lowest BCUT2D eigenvalue weighted by Gasteiger charge is -2.20. The molecule has 0 bridgehead atoms. The normalized spacial score (nSPS) is 12.0. The zero-order valence-corrected chi connectivity index (χ0v) is 12.7. The summed E-state index contributed by atoms with van der Waals surface area (Å²) >= 11 is 9.11. The average Bonchev–Trinajstić information content (AvgIpc) is 2.30. The van der Waals surface area contributed by atoms with Gasteiger partial charge < -0.3 is 0 Å². The van der Waals surface area contributed by atoms with Gasteiger partial charge >= 0.3 is 0 Å². The van der Waals surface area contributed by atoms with E-state index in [0.29, 0.717) is 18.1 Å². The fourth-order valence-corrected chi connectivity index (χ4v) is 3.50. The van der Waals surface area contributed by atoms with Crippen LogP contribution in [0.1, 0.15) is 13.3 Å². The predicted octanol–water partition coefficient (Wildman–Crippen LogP) is 3.14. The molecule has 0 aliphatic heterocycles. The van der Waals surface area contributed by atoms with Gasteiger partial charge in [0.1, 0.15) is 0 Å². The molecular weight excluding hydrogens is 326 g/mol. The van der Waals surface area contributed by atoms with E-state index in [0.717, 1.165) is 11.8 Å². The molecule has 17 heavy (non-hydrogen) atoms. The molecule has 0 saturated carbocycles. The van der Waals surface area contributed by atoms with Crippen molar-refractivity contribution in [2.45, 2.75) is 18.2 Å². The molecule has 1 aromatic carbocycles. The Labute approximate surface area is 116 Å². The number of sulfonamides is 1. The summed E-state index contributed by atoms with van der Waals surface area (Å²) < 4.78 is 26.0. The lowest BCUT2D eigenvalue weighted by Crippen LogP contribution is -2.32. The number of hydrogen-bond acceptors (Lipinski definition) is 2. The third-order valence-electron chi connectivity index (χ3n) is 2.33. The molecule has 1 rings (SSSR count). The maximum Gasteiger partial charge on any atom is 0.243 e. The van der Waals surface area contributed by atoms with Crippen LogP contribution in [0, 0.1) is 0 Å². The van der Waals surface area contributed by atoms with Gasteiger partial charge in [-0.25, -0.2) is 8.42 Å². The summed E-state index contributed by atoms with van der Waals surface area (Å²) in [6, 6.07) is 6.36. The van der Waals surface area contributed by atoms with E-state index in [2.05, 4.69) is 15.9 Å². The second-order valence-electron chi connectivity index (χ2n) is 3.50. The lowest BCUT2D eigenvalue weighted by molar-refractivity contribution is 0.428. The molecule has 0 radical (unpaired) electrons. The molecule has 6 heteroatoms. The van der Waals surface area contributed by atoms with Crippen molar-refractivity contribution in [3.63, 3.8) is 0 Å². The van der Waals surface area contributed by atoms with Gasteiger partial charge in [-0.3, -0.25) is 0 Å². The third-order valence-corrected chi connectivity index (χ3v) is 5.09. The van der Waals surface area contributed by atoms with Crippen LogP contribution in [0.25, 0.3) is 0 Å². The molecule has 0 unspecified atom stereocenters. The van der Waals surface area contributed by atoms with E-state index in [4.69, 9.17) is 11.6 Å². The molecule has 96 valence electrons. The molecule has 0 amide bonds. The maximum atomic E-state index is 12.3. The molecule has 0 fully saturated rings. The van der Waals surface area contributed by atoms with Gasteiger partial charge in [-0.15, -0.1) is 0 Å². The summed E-state index contributed by atoms with van der Waals surface area (Å²) in [5.74, 6) is 0. The van der Waals surface area contributed by atoms with Crippen LogP contribution >= 0.6 is 27.5 Å². The molecule has 0 N–H and O–H groups in total. The molecule has 0 spiro atoms. The Bertz CT molecular complexity index is 464. The number of nitrogens with zero attached hydrogens (tertiary/aromatic N) is 1. The van der Waals surface area contributed by atoms with Gasteiger partial charge in [0.25, 0.3) is 0 Å². The van der Waals surface area contributed by atoms with Gasteiger partial charge in [-0.05, 0) is 24.6 Å². The minimum atomic E-state index is -3.42. The molecular formula is C11H15BrClNO2S. The Morgan fingerprint density at radius 1 is 1.41 bits per heavy atom. The standard InChI is InChI=1S/C11H15BrClNO2S/c1-2-14(8-4-7-12)17(15,16)11-6-3-5-10(13)9-11/h3,5-6,9H,2,4,7-8H2,1H3. The van der Waals surface area contributed by atoms with E-state index >= 15 is 0 Å². The topological polar surface area (TPSA) is 37.4 Å². The van der Waals surface area contributed by atoms with Crippen molar-refractivity contribution in [1.29, 1.82) is 0 Å². The third kappa shape index (κ3) is 3.95. The van der Waals surface area contributed by atoms with Crippen LogP contribution in [-0.2, 0) is 10.0 Å². The Morgan fingerprint density at radius 3 is 2.65 bits per heavy atom. The predicted molar refractivity (Wildman–Crippen MR) is 74.3 cm³/mol. The fraction of sp³-hybridized carbons (Fsp3) is 0.455. The van der Waals surface area contributed by atoms with Gasteiger partial charge in [0.05, 0.1) is 4.90 Å². The molecule has 1 aromatic rings. The van der Waals surface area contributed by atoms with Crippen molar-refractivity contribution in [2.75, 3.05) is 18.4 Å². The van der Waals surface area contributed by atoms with E-state index in [-0.39, 0.29) is 4.90 Å². The zero-order valence-electron chi connectivity index (χ0n) is 9.57. The fourth-order valence-electron chi connectivity index (χ4n) is 1.46. The van der Waals surface area contributed by atoms with Crippen LogP contribution in [0.5, 0.6) is 0 Å². The Kier molecular flexibility index (Phi) is 5.92. The van der Waals surface area contributed by atoms with Crippen LogP contribution < -0.4 is 0 Å². The van der Waals surface area contributed by atoms with E-state index in [1.165, 1.54) is 10.4 Å². The molecule has 0 aliphatic rings. The number of alkyl halides is 1. The number of hydrogen-bond donors (Lipinski definition) is 0. The van der Waals surface area contributed by atoms with Crippen LogP contribution in [0.4, 0.5) is 0 Å². The maximum absolute atomic E-state index is 12.3. The monoisotopic (exact) mass is 339 g/mol. The van der Waals surface area contributed by atoms with E-state index in [1.807, 2.05) is 6.92 Å². The van der Waals surface area contributed by atoms with Gasteiger partial charge in [0.15, 0.2) is 0 Å². The Hall–Kier alpha value is -0.100. The smallest absolute Gasteiger partial charge is 0.207 e. The summed E-state index contributed by atoms with van der Waals surface area (Å²) in [5, 5.41) is 1.22. The lowest BCUT2D eigenvalue weighted by atomic mass is 10.4. The molecule has 0 aromatic heterocycles. The van der Waals surface area contributed by atoms with E-state index < -0.39 is 10.0 Å². The quantitative estimate of drug-likeness (QED) is 0.746. The number of rotatable bonds is 6. The highest BCUT2D eigenvalue weighted by Crippen LogP contribution is 2.19. The van der Waals surface area contributed by atoms with Crippen molar-refractivity contribution in [1.82, 2.24) is 4.31 Å². The summed E-state index contributed by atoms with van der Waals surface area (Å²) in [6.45, 7) is 2.80. The first kappa shape index (κ1) is 15.0. The van der Waals surface area contributed by atoms with Crippen molar-refractivity contribution >= 4 is 37.6 Å². The van der Waals surface area contributed by atoms with Crippen molar-refractivity contribution in [3.05, 3.63) is 29.3 Å². The Balaban J connectivity index is 3.00. The SMILES string of the molecule is CCN(CCCBr)S(=O)(=O)c1cccc(Cl)c1. The van der Waals surface area contributed by atoms with Crippen molar-refractivity contribution in [3.8, 4) is 0 Å². The second kappa shape index (κ2) is 6.73. The van der Waals surface area contributed by atoms with Crippen LogP contribution in [0.2, 0.25) is 5.02 Å². The molecule has 0 saturated heterocycles. The van der Waals surface area contributed by atoms with Crippen LogP contribution in [0.15, 0.2) is 29.2 Å². The summed E-state index contributed by atoms with van der Waals surface area (Å²) in [6.07, 6.45) is 0.785. The largest absolute Gasteiger partial charge is 0.243 e. The van der Waals surface area contributed by atoms with Gasteiger partial charge in [-0.1, -0.05) is 40.5 Å². The van der Waals surface area contributed by atoms with Crippen molar-refractivity contribution < 1.29 is 8.42 Å². The summed E-state index contributed by atoms with van der Waals surface area (Å²) in [7, 11) is -3.42. The molecule has 3 nitrogen and oxygen atoms in total. The highest BCUT2D eigenvalue weighted by Gasteiger charge is 2.22. The van der Waals surface area contributed by atoms with E-state index in [1.54, 1.807) is 18.2 Å². The van der Waals surface area contributed by atoms with Crippen LogP contribution in [-0.4, -0.2) is 31.1 Å². The van der Waals surface area contributed by atoms with Gasteiger partial charge in [0.2, 0.25) is 10.0 Å². The summed E-state index contributed by atoms with van der Waals surface area (Å²) in [4.78, 5) is 0.251. The van der Waals surface area contributed by atoms with Gasteiger partial charge in [0, 0.05) is 23.4 Å². The Morgan fingerprint density at radius 2 is 2.12 bits per heavy atom. The molecule has 0 aliphatic carbocycles. The van der Waals surface area contributed by atoms with E-state index in [9.17, 15) is 8.42 Å². The number of halogens is 2. The van der Waals surface area contributed by atoms with Crippen LogP contribution in [0.3, 0.4) is 0 Å². The van der Waals surface area contributed by atoms with Gasteiger partial charge in [-0.2, -0.15) is 4.31 Å². The second-order valence-corrected chi connectivity index (χ2v) is 6.66. The summed E-state index contributed by atoms with van der Waals surface area (Å²) in [5.41, 5.74) is 0. The first-order chi connectivity index (χ1) is 8.02. The first-order valence-corrected chi connectivity index (χ1v) is 8.28. The minimum absolute atomic E-state index is 0.251. The van der Waals surface area contributed by atoms with Crippen molar-refractivity contribution in [2.24, 2.45) is 0 Å². The first-order valence-electron chi connectivity index (χ1n) is 5.34. The molecule has 0 heterocycles. The molecule has 0 atom stereocenters. The highest BCUT2D eigenvalue weighted by molar-refractivity contribution is 9.09. The number of benzene rings is 1. The average molecular weight is 341 g/mol.